The van der Waals surface area contributed by atoms with Crippen LogP contribution in [0.1, 0.15) is 18.4 Å². The highest BCUT2D eigenvalue weighted by atomic mass is 16.2. The van der Waals surface area contributed by atoms with Gasteiger partial charge in [0.05, 0.1) is 5.69 Å². The molecule has 0 saturated carbocycles. The summed E-state index contributed by atoms with van der Waals surface area (Å²) in [5, 5.41) is 6.16. The minimum atomic E-state index is -0.366. The van der Waals surface area contributed by atoms with Gasteiger partial charge < -0.3 is 15.5 Å². The number of hydrogen-bond donors (Lipinski definition) is 2. The number of nitrogens with zero attached hydrogens (tertiary/aromatic N) is 1. The fourth-order valence-corrected chi connectivity index (χ4v) is 1.92. The monoisotopic (exact) mass is 253 g/mol. The minimum absolute atomic E-state index is 0.346. The molecule has 0 unspecified atom stereocenters. The lowest BCUT2D eigenvalue weighted by Crippen LogP contribution is -2.37. The van der Waals surface area contributed by atoms with Crippen molar-refractivity contribution in [3.63, 3.8) is 0 Å². The largest absolute Gasteiger partial charge is 0.381 e. The summed E-state index contributed by atoms with van der Waals surface area (Å²) < 4.78 is 0. The van der Waals surface area contributed by atoms with Crippen LogP contribution in [0.25, 0.3) is 0 Å². The zero-order chi connectivity index (χ0) is 13.5. The Hall–Kier alpha value is -1.20. The molecule has 0 bridgehead atoms. The first kappa shape index (κ1) is 14.9. The predicted molar refractivity (Wildman–Crippen MR) is 75.2 cm³/mol. The summed E-state index contributed by atoms with van der Waals surface area (Å²) in [6, 6.07) is 0. The van der Waals surface area contributed by atoms with Gasteiger partial charge in [-0.1, -0.05) is 0 Å². The van der Waals surface area contributed by atoms with Gasteiger partial charge in [-0.2, -0.15) is 0 Å². The molecule has 0 radical (unpaired) electrons. The van der Waals surface area contributed by atoms with Gasteiger partial charge in [-0.3, -0.25) is 9.59 Å². The van der Waals surface area contributed by atoms with E-state index in [2.05, 4.69) is 22.6 Å². The summed E-state index contributed by atoms with van der Waals surface area (Å²) >= 11 is 0. The van der Waals surface area contributed by atoms with E-state index in [-0.39, 0.29) is 10.9 Å². The first-order valence-corrected chi connectivity index (χ1v) is 6.45. The van der Waals surface area contributed by atoms with E-state index in [1.165, 1.54) is 0 Å². The van der Waals surface area contributed by atoms with Crippen LogP contribution in [0, 0.1) is 6.92 Å². The van der Waals surface area contributed by atoms with E-state index in [0.29, 0.717) is 11.3 Å². The number of hydrogen-bond acceptors (Lipinski definition) is 5. The quantitative estimate of drug-likeness (QED) is 0.477. The smallest absolute Gasteiger partial charge is 0.249 e. The molecule has 5 heteroatoms. The van der Waals surface area contributed by atoms with Crippen LogP contribution in [0.3, 0.4) is 0 Å². The molecule has 0 spiro atoms. The van der Waals surface area contributed by atoms with E-state index in [0.717, 1.165) is 39.0 Å². The summed E-state index contributed by atoms with van der Waals surface area (Å²) in [5.41, 5.74) is 0.372. The third kappa shape index (κ3) is 3.92. The maximum absolute atomic E-state index is 11.2. The molecule has 2 N–H and O–H groups in total. The molecule has 0 aromatic heterocycles. The van der Waals surface area contributed by atoms with Gasteiger partial charge in [0.1, 0.15) is 0 Å². The third-order valence-corrected chi connectivity index (χ3v) is 3.13. The summed E-state index contributed by atoms with van der Waals surface area (Å²) in [4.78, 5) is 24.5. The van der Waals surface area contributed by atoms with Gasteiger partial charge in [0.15, 0.2) is 0 Å². The van der Waals surface area contributed by atoms with E-state index in [4.69, 9.17) is 0 Å². The topological polar surface area (TPSA) is 61.4 Å². The second-order valence-corrected chi connectivity index (χ2v) is 4.70. The lowest BCUT2D eigenvalue weighted by molar-refractivity contribution is 0.327. The van der Waals surface area contributed by atoms with Gasteiger partial charge in [0.2, 0.25) is 10.9 Å². The summed E-state index contributed by atoms with van der Waals surface area (Å²) in [5.74, 6) is 0. The van der Waals surface area contributed by atoms with E-state index in [1.807, 2.05) is 7.05 Å². The second kappa shape index (κ2) is 7.28. The lowest BCUT2D eigenvalue weighted by Gasteiger charge is -2.17. The van der Waals surface area contributed by atoms with Crippen LogP contribution in [0.4, 0.5) is 5.69 Å². The fourth-order valence-electron chi connectivity index (χ4n) is 1.92. The van der Waals surface area contributed by atoms with Crippen LogP contribution in [-0.2, 0) is 0 Å². The van der Waals surface area contributed by atoms with E-state index >= 15 is 0 Å². The van der Waals surface area contributed by atoms with Crippen molar-refractivity contribution in [3.8, 4) is 0 Å². The van der Waals surface area contributed by atoms with E-state index in [9.17, 15) is 9.59 Å². The van der Waals surface area contributed by atoms with Crippen molar-refractivity contribution in [1.82, 2.24) is 10.2 Å². The van der Waals surface area contributed by atoms with Gasteiger partial charge in [0, 0.05) is 12.1 Å². The zero-order valence-electron chi connectivity index (χ0n) is 11.5. The Labute approximate surface area is 108 Å². The molecule has 0 amide bonds. The Morgan fingerprint density at radius 3 is 2.22 bits per heavy atom. The normalized spacial score (nSPS) is 11.3. The highest BCUT2D eigenvalue weighted by molar-refractivity contribution is 5.55. The Kier molecular flexibility index (Phi) is 6.01. The molecule has 0 saturated heterocycles. The molecule has 5 nitrogen and oxygen atoms in total. The number of rotatable bonds is 9. The van der Waals surface area contributed by atoms with Crippen molar-refractivity contribution in [2.24, 2.45) is 0 Å². The van der Waals surface area contributed by atoms with Gasteiger partial charge >= 0.3 is 0 Å². The van der Waals surface area contributed by atoms with Crippen LogP contribution in [0.2, 0.25) is 0 Å². The first-order valence-electron chi connectivity index (χ1n) is 6.45. The van der Waals surface area contributed by atoms with Crippen LogP contribution >= 0.6 is 0 Å². The van der Waals surface area contributed by atoms with Crippen LogP contribution in [0.15, 0.2) is 9.59 Å². The Morgan fingerprint density at radius 2 is 1.67 bits per heavy atom. The molecule has 0 aliphatic heterocycles. The molecule has 0 aliphatic rings. The molecule has 102 valence electrons. The van der Waals surface area contributed by atoms with Crippen molar-refractivity contribution in [2.75, 3.05) is 45.6 Å². The van der Waals surface area contributed by atoms with Crippen LogP contribution in [0.5, 0.6) is 0 Å². The van der Waals surface area contributed by atoms with Crippen molar-refractivity contribution in [2.45, 2.75) is 19.8 Å². The second-order valence-electron chi connectivity index (χ2n) is 4.70. The molecule has 18 heavy (non-hydrogen) atoms. The maximum Gasteiger partial charge on any atom is 0.249 e. The van der Waals surface area contributed by atoms with E-state index < -0.39 is 0 Å². The van der Waals surface area contributed by atoms with Gasteiger partial charge in [-0.15, -0.1) is 0 Å². The molecule has 0 atom stereocenters. The van der Waals surface area contributed by atoms with Crippen molar-refractivity contribution in [3.05, 3.63) is 26.0 Å². The van der Waals surface area contributed by atoms with Crippen molar-refractivity contribution < 1.29 is 0 Å². The van der Waals surface area contributed by atoms with Gasteiger partial charge in [-0.05, 0) is 53.5 Å². The first-order chi connectivity index (χ1) is 8.57. The molecular weight excluding hydrogens is 230 g/mol. The predicted octanol–water partition coefficient (Wildman–Crippen LogP) is -0.0657. The maximum atomic E-state index is 11.2. The highest BCUT2D eigenvalue weighted by Crippen LogP contribution is 2.04. The van der Waals surface area contributed by atoms with Crippen LogP contribution in [-0.4, -0.2) is 45.2 Å². The average molecular weight is 253 g/mol. The average Bonchev–Trinajstić information content (AvgIpc) is 2.37. The molecule has 0 heterocycles. The third-order valence-electron chi connectivity index (χ3n) is 3.13. The summed E-state index contributed by atoms with van der Waals surface area (Å²) in [6.07, 6.45) is 2.10. The molecular formula is C13H23N3O2. The summed E-state index contributed by atoms with van der Waals surface area (Å²) in [7, 11) is 4.05. The molecule has 0 aliphatic carbocycles. The Morgan fingerprint density at radius 1 is 1.06 bits per heavy atom. The van der Waals surface area contributed by atoms with Crippen LogP contribution < -0.4 is 21.5 Å². The molecule has 1 aromatic carbocycles. The highest BCUT2D eigenvalue weighted by Gasteiger charge is 2.15. The standard InChI is InChI=1S/C13H23N3O2/c1-10-11(13(18)12(10)17)15-7-5-9-16(3)8-4-6-14-2/h14-15H,4-9H2,1-3H3. The summed E-state index contributed by atoms with van der Waals surface area (Å²) in [6.45, 7) is 5.52. The van der Waals surface area contributed by atoms with Crippen molar-refractivity contribution >= 4 is 5.69 Å². The molecule has 1 aromatic rings. The van der Waals surface area contributed by atoms with Gasteiger partial charge in [0.25, 0.3) is 0 Å². The Balaban J connectivity index is 2.12. The minimum Gasteiger partial charge on any atom is -0.381 e. The SMILES string of the molecule is CNCCCN(C)CCCNc1c(C)c(=O)c1=O. The fraction of sp³-hybridized carbons (Fsp3) is 0.692. The molecule has 1 rings (SSSR count). The van der Waals surface area contributed by atoms with Crippen molar-refractivity contribution in [1.29, 1.82) is 0 Å². The van der Waals surface area contributed by atoms with E-state index in [1.54, 1.807) is 6.92 Å². The lowest BCUT2D eigenvalue weighted by atomic mass is 10.1. The van der Waals surface area contributed by atoms with Gasteiger partial charge in [-0.25, -0.2) is 0 Å². The number of nitrogens with one attached hydrogen (secondary N) is 2. The number of anilines is 1. The molecule has 0 fully saturated rings. The Bertz CT molecular complexity index is 435. The zero-order valence-corrected chi connectivity index (χ0v) is 11.5.